The second-order valence-electron chi connectivity index (χ2n) is 2.29. The van der Waals surface area contributed by atoms with Crippen molar-refractivity contribution in [1.82, 2.24) is 0 Å². The standard InChI is InChI=1S/C8H10O2.C2H6/c1-6-2-3-8(10)7(4-6)5-9;1-2/h2-4,9-10H,5H2,1H3;1-2H3. The molecular formula is C10H16O2. The van der Waals surface area contributed by atoms with Crippen LogP contribution in [0.4, 0.5) is 0 Å². The van der Waals surface area contributed by atoms with Gasteiger partial charge in [0.05, 0.1) is 6.61 Å². The van der Waals surface area contributed by atoms with Crippen molar-refractivity contribution in [2.75, 3.05) is 0 Å². The fourth-order valence-electron chi connectivity index (χ4n) is 0.841. The van der Waals surface area contributed by atoms with E-state index < -0.39 is 0 Å². The largest absolute Gasteiger partial charge is 0.508 e. The van der Waals surface area contributed by atoms with E-state index >= 15 is 0 Å². The summed E-state index contributed by atoms with van der Waals surface area (Å²) in [5, 5.41) is 17.8. The number of aliphatic hydroxyl groups excluding tert-OH is 1. The highest BCUT2D eigenvalue weighted by molar-refractivity contribution is 5.34. The van der Waals surface area contributed by atoms with Gasteiger partial charge in [0, 0.05) is 5.56 Å². The molecule has 12 heavy (non-hydrogen) atoms. The molecule has 0 aliphatic rings. The Morgan fingerprint density at radius 1 is 1.25 bits per heavy atom. The van der Waals surface area contributed by atoms with E-state index in [1.165, 1.54) is 0 Å². The molecule has 0 saturated carbocycles. The van der Waals surface area contributed by atoms with Gasteiger partial charge in [-0.1, -0.05) is 31.5 Å². The van der Waals surface area contributed by atoms with Gasteiger partial charge >= 0.3 is 0 Å². The van der Waals surface area contributed by atoms with Crippen molar-refractivity contribution in [1.29, 1.82) is 0 Å². The average Bonchev–Trinajstić information content (AvgIpc) is 2.13. The van der Waals surface area contributed by atoms with Crippen molar-refractivity contribution in [3.05, 3.63) is 29.3 Å². The van der Waals surface area contributed by atoms with E-state index in [-0.39, 0.29) is 12.4 Å². The smallest absolute Gasteiger partial charge is 0.121 e. The van der Waals surface area contributed by atoms with Crippen LogP contribution >= 0.6 is 0 Å². The fraction of sp³-hybridized carbons (Fsp3) is 0.400. The molecule has 2 N–H and O–H groups in total. The van der Waals surface area contributed by atoms with Crippen molar-refractivity contribution in [3.8, 4) is 5.75 Å². The van der Waals surface area contributed by atoms with Gasteiger partial charge in [-0.25, -0.2) is 0 Å². The van der Waals surface area contributed by atoms with Crippen LogP contribution in [0.1, 0.15) is 25.0 Å². The number of benzene rings is 1. The highest BCUT2D eigenvalue weighted by Crippen LogP contribution is 2.17. The SMILES string of the molecule is CC.Cc1ccc(O)c(CO)c1. The first-order valence-corrected chi connectivity index (χ1v) is 4.13. The highest BCUT2D eigenvalue weighted by Gasteiger charge is 1.97. The number of phenols is 1. The van der Waals surface area contributed by atoms with Gasteiger partial charge < -0.3 is 10.2 Å². The molecule has 1 aromatic rings. The molecule has 0 aromatic heterocycles. The van der Waals surface area contributed by atoms with Gasteiger partial charge in [-0.15, -0.1) is 0 Å². The van der Waals surface area contributed by atoms with Crippen LogP contribution in [0, 0.1) is 6.92 Å². The average molecular weight is 168 g/mol. The van der Waals surface area contributed by atoms with E-state index in [9.17, 15) is 0 Å². The van der Waals surface area contributed by atoms with E-state index in [2.05, 4.69) is 0 Å². The summed E-state index contributed by atoms with van der Waals surface area (Å²) in [6, 6.07) is 5.14. The van der Waals surface area contributed by atoms with Crippen LogP contribution in [0.2, 0.25) is 0 Å². The molecule has 0 atom stereocenters. The number of aromatic hydroxyl groups is 1. The Bertz CT molecular complexity index is 231. The van der Waals surface area contributed by atoms with Crippen LogP contribution < -0.4 is 0 Å². The monoisotopic (exact) mass is 168 g/mol. The van der Waals surface area contributed by atoms with Crippen molar-refractivity contribution >= 4 is 0 Å². The minimum Gasteiger partial charge on any atom is -0.508 e. The Morgan fingerprint density at radius 2 is 1.83 bits per heavy atom. The van der Waals surface area contributed by atoms with E-state index in [0.717, 1.165) is 5.56 Å². The lowest BCUT2D eigenvalue weighted by Crippen LogP contribution is -1.84. The lowest BCUT2D eigenvalue weighted by molar-refractivity contribution is 0.275. The van der Waals surface area contributed by atoms with Gasteiger partial charge in [0.2, 0.25) is 0 Å². The van der Waals surface area contributed by atoms with E-state index in [4.69, 9.17) is 10.2 Å². The first-order chi connectivity index (χ1) is 5.74. The van der Waals surface area contributed by atoms with Crippen molar-refractivity contribution in [3.63, 3.8) is 0 Å². The van der Waals surface area contributed by atoms with Crippen molar-refractivity contribution in [2.24, 2.45) is 0 Å². The molecule has 0 spiro atoms. The Balaban J connectivity index is 0.000000561. The van der Waals surface area contributed by atoms with Crippen LogP contribution in [0.15, 0.2) is 18.2 Å². The Kier molecular flexibility index (Phi) is 5.13. The summed E-state index contributed by atoms with van der Waals surface area (Å²) in [4.78, 5) is 0. The van der Waals surface area contributed by atoms with E-state index in [1.807, 2.05) is 20.8 Å². The maximum atomic E-state index is 9.07. The summed E-state index contributed by atoms with van der Waals surface area (Å²) in [7, 11) is 0. The molecule has 0 unspecified atom stereocenters. The van der Waals surface area contributed by atoms with Crippen molar-refractivity contribution in [2.45, 2.75) is 27.4 Å². The molecule has 0 bridgehead atoms. The predicted octanol–water partition coefficient (Wildman–Crippen LogP) is 2.22. The number of hydrogen-bond donors (Lipinski definition) is 2. The molecule has 0 heterocycles. The summed E-state index contributed by atoms with van der Waals surface area (Å²) in [5.74, 6) is 0.160. The van der Waals surface area contributed by atoms with Crippen LogP contribution in [0.25, 0.3) is 0 Å². The first-order valence-electron chi connectivity index (χ1n) is 4.13. The number of aliphatic hydroxyl groups is 1. The molecule has 2 nitrogen and oxygen atoms in total. The topological polar surface area (TPSA) is 40.5 Å². The Hall–Kier alpha value is -1.02. The van der Waals surface area contributed by atoms with Crippen LogP contribution in [0.3, 0.4) is 0 Å². The molecule has 0 radical (unpaired) electrons. The molecule has 0 aliphatic heterocycles. The summed E-state index contributed by atoms with van der Waals surface area (Å²) < 4.78 is 0. The van der Waals surface area contributed by atoms with Gasteiger partial charge in [-0.2, -0.15) is 0 Å². The lowest BCUT2D eigenvalue weighted by Gasteiger charge is -2.00. The number of aryl methyl sites for hydroxylation is 1. The summed E-state index contributed by atoms with van der Waals surface area (Å²) in [6.45, 7) is 5.81. The highest BCUT2D eigenvalue weighted by atomic mass is 16.3. The molecule has 0 saturated heterocycles. The molecule has 68 valence electrons. The molecule has 1 rings (SSSR count). The number of rotatable bonds is 1. The zero-order chi connectivity index (χ0) is 9.56. The van der Waals surface area contributed by atoms with Gasteiger partial charge in [0.15, 0.2) is 0 Å². The molecule has 0 aliphatic carbocycles. The maximum absolute atomic E-state index is 9.07. The minimum atomic E-state index is -0.104. The van der Waals surface area contributed by atoms with Crippen LogP contribution in [-0.4, -0.2) is 10.2 Å². The second kappa shape index (κ2) is 5.61. The number of hydrogen-bond acceptors (Lipinski definition) is 2. The van der Waals surface area contributed by atoms with E-state index in [0.29, 0.717) is 5.56 Å². The molecule has 1 aromatic carbocycles. The summed E-state index contributed by atoms with van der Waals surface area (Å²) >= 11 is 0. The van der Waals surface area contributed by atoms with Gasteiger partial charge in [-0.3, -0.25) is 0 Å². The minimum absolute atomic E-state index is 0.104. The third-order valence-corrected chi connectivity index (χ3v) is 1.41. The molecule has 2 heteroatoms. The fourth-order valence-corrected chi connectivity index (χ4v) is 0.841. The zero-order valence-corrected chi connectivity index (χ0v) is 7.83. The normalized spacial score (nSPS) is 8.67. The van der Waals surface area contributed by atoms with Crippen LogP contribution in [-0.2, 0) is 6.61 Å². The Morgan fingerprint density at radius 3 is 2.25 bits per heavy atom. The predicted molar refractivity (Wildman–Crippen MR) is 50.1 cm³/mol. The quantitative estimate of drug-likeness (QED) is 0.675. The summed E-state index contributed by atoms with van der Waals surface area (Å²) in [5.41, 5.74) is 1.63. The lowest BCUT2D eigenvalue weighted by atomic mass is 10.1. The van der Waals surface area contributed by atoms with Gasteiger partial charge in [-0.05, 0) is 13.0 Å². The van der Waals surface area contributed by atoms with Gasteiger partial charge in [0.1, 0.15) is 5.75 Å². The second-order valence-corrected chi connectivity index (χ2v) is 2.29. The molecule has 0 fully saturated rings. The third kappa shape index (κ3) is 2.93. The first kappa shape index (κ1) is 11.0. The Labute approximate surface area is 73.5 Å². The zero-order valence-electron chi connectivity index (χ0n) is 7.83. The third-order valence-electron chi connectivity index (χ3n) is 1.41. The maximum Gasteiger partial charge on any atom is 0.121 e. The van der Waals surface area contributed by atoms with Crippen molar-refractivity contribution < 1.29 is 10.2 Å². The van der Waals surface area contributed by atoms with E-state index in [1.54, 1.807) is 18.2 Å². The summed E-state index contributed by atoms with van der Waals surface area (Å²) in [6.07, 6.45) is 0. The molecule has 0 amide bonds. The molecular weight excluding hydrogens is 152 g/mol. The van der Waals surface area contributed by atoms with Gasteiger partial charge in [0.25, 0.3) is 0 Å². The van der Waals surface area contributed by atoms with Crippen LogP contribution in [0.5, 0.6) is 5.75 Å².